The lowest BCUT2D eigenvalue weighted by atomic mass is 10.1. The summed E-state index contributed by atoms with van der Waals surface area (Å²) in [7, 11) is -3.41. The maximum Gasteiger partial charge on any atom is 0.243 e. The van der Waals surface area contributed by atoms with E-state index in [-0.39, 0.29) is 5.92 Å². The molecule has 22 heavy (non-hydrogen) atoms. The van der Waals surface area contributed by atoms with Gasteiger partial charge in [-0.05, 0) is 49.6 Å². The number of rotatable bonds is 8. The standard InChI is InChI=1S/C16H26N2O3S/c1-2-3-4-11-21-15-5-7-16(8-6-15)22(19,20)18-10-9-14(12-17)13-18/h5-8,14H,2-4,9-13,17H2,1H3. The maximum absolute atomic E-state index is 12.6. The molecule has 1 aliphatic rings. The largest absolute Gasteiger partial charge is 0.494 e. The molecule has 0 amide bonds. The zero-order valence-electron chi connectivity index (χ0n) is 13.2. The minimum absolute atomic E-state index is 0.274. The first-order valence-corrected chi connectivity index (χ1v) is 9.45. The second kappa shape index (κ2) is 7.94. The fraction of sp³-hybridized carbons (Fsp3) is 0.625. The van der Waals surface area contributed by atoms with Crippen LogP contribution in [0.2, 0.25) is 0 Å². The molecule has 0 radical (unpaired) electrons. The van der Waals surface area contributed by atoms with Gasteiger partial charge in [-0.1, -0.05) is 19.8 Å². The number of hydrogen-bond donors (Lipinski definition) is 1. The highest BCUT2D eigenvalue weighted by Gasteiger charge is 2.31. The number of nitrogens with zero attached hydrogens (tertiary/aromatic N) is 1. The van der Waals surface area contributed by atoms with E-state index < -0.39 is 10.0 Å². The number of sulfonamides is 1. The molecule has 124 valence electrons. The molecule has 6 heteroatoms. The lowest BCUT2D eigenvalue weighted by molar-refractivity contribution is 0.306. The average molecular weight is 326 g/mol. The molecule has 1 aliphatic heterocycles. The molecule has 0 spiro atoms. The quantitative estimate of drug-likeness (QED) is 0.744. The molecule has 1 unspecified atom stereocenters. The Labute approximate surface area is 133 Å². The Morgan fingerprint density at radius 2 is 2.00 bits per heavy atom. The molecular weight excluding hydrogens is 300 g/mol. The highest BCUT2D eigenvalue weighted by molar-refractivity contribution is 7.89. The molecule has 5 nitrogen and oxygen atoms in total. The lowest BCUT2D eigenvalue weighted by Gasteiger charge is -2.16. The highest BCUT2D eigenvalue weighted by atomic mass is 32.2. The molecule has 1 atom stereocenters. The van der Waals surface area contributed by atoms with Crippen LogP contribution in [0.1, 0.15) is 32.6 Å². The Bertz CT molecular complexity index is 557. The minimum Gasteiger partial charge on any atom is -0.494 e. The van der Waals surface area contributed by atoms with Crippen LogP contribution in [0.3, 0.4) is 0 Å². The summed E-state index contributed by atoms with van der Waals surface area (Å²) in [5.41, 5.74) is 5.63. The van der Waals surface area contributed by atoms with Crippen molar-refractivity contribution in [3.63, 3.8) is 0 Å². The number of hydrogen-bond acceptors (Lipinski definition) is 4. The van der Waals surface area contributed by atoms with Gasteiger partial charge >= 0.3 is 0 Å². The smallest absolute Gasteiger partial charge is 0.243 e. The Balaban J connectivity index is 1.97. The van der Waals surface area contributed by atoms with E-state index >= 15 is 0 Å². The van der Waals surface area contributed by atoms with E-state index in [0.29, 0.717) is 31.1 Å². The average Bonchev–Trinajstić information content (AvgIpc) is 3.02. The molecule has 1 aromatic carbocycles. The topological polar surface area (TPSA) is 72.6 Å². The van der Waals surface area contributed by atoms with Gasteiger partial charge in [0.15, 0.2) is 0 Å². The van der Waals surface area contributed by atoms with Crippen LogP contribution in [-0.4, -0.2) is 39.0 Å². The Morgan fingerprint density at radius 1 is 1.27 bits per heavy atom. The van der Waals surface area contributed by atoms with Gasteiger partial charge in [-0.2, -0.15) is 4.31 Å². The van der Waals surface area contributed by atoms with Crippen molar-refractivity contribution in [3.05, 3.63) is 24.3 Å². The third kappa shape index (κ3) is 4.21. The lowest BCUT2D eigenvalue weighted by Crippen LogP contribution is -2.30. The van der Waals surface area contributed by atoms with Crippen LogP contribution in [0.15, 0.2) is 29.2 Å². The van der Waals surface area contributed by atoms with Crippen LogP contribution in [0.25, 0.3) is 0 Å². The third-order valence-corrected chi connectivity index (χ3v) is 5.94. The van der Waals surface area contributed by atoms with Crippen molar-refractivity contribution in [2.75, 3.05) is 26.2 Å². The van der Waals surface area contributed by atoms with E-state index in [1.807, 2.05) is 0 Å². The van der Waals surface area contributed by atoms with E-state index in [0.717, 1.165) is 31.4 Å². The first kappa shape index (κ1) is 17.2. The van der Waals surface area contributed by atoms with Gasteiger partial charge in [0.2, 0.25) is 10.0 Å². The highest BCUT2D eigenvalue weighted by Crippen LogP contribution is 2.25. The van der Waals surface area contributed by atoms with Crippen molar-refractivity contribution < 1.29 is 13.2 Å². The van der Waals surface area contributed by atoms with Crippen LogP contribution in [-0.2, 0) is 10.0 Å². The van der Waals surface area contributed by atoms with Crippen molar-refractivity contribution in [2.24, 2.45) is 11.7 Å². The Hall–Kier alpha value is -1.11. The van der Waals surface area contributed by atoms with Crippen molar-refractivity contribution in [2.45, 2.75) is 37.5 Å². The summed E-state index contributed by atoms with van der Waals surface area (Å²) in [6, 6.07) is 6.71. The van der Waals surface area contributed by atoms with Gasteiger partial charge in [0.25, 0.3) is 0 Å². The first-order valence-electron chi connectivity index (χ1n) is 8.01. The predicted octanol–water partition coefficient (Wildman–Crippen LogP) is 2.22. The van der Waals surface area contributed by atoms with Gasteiger partial charge in [0.05, 0.1) is 11.5 Å². The van der Waals surface area contributed by atoms with Gasteiger partial charge in [-0.25, -0.2) is 8.42 Å². The summed E-state index contributed by atoms with van der Waals surface area (Å²) in [6.07, 6.45) is 4.16. The van der Waals surface area contributed by atoms with Crippen LogP contribution in [0, 0.1) is 5.92 Å². The fourth-order valence-corrected chi connectivity index (χ4v) is 4.14. The van der Waals surface area contributed by atoms with Crippen molar-refractivity contribution in [1.82, 2.24) is 4.31 Å². The molecule has 1 fully saturated rings. The van der Waals surface area contributed by atoms with Crippen molar-refractivity contribution >= 4 is 10.0 Å². The van der Waals surface area contributed by atoms with Gasteiger partial charge in [0.1, 0.15) is 5.75 Å². The Kier molecular flexibility index (Phi) is 6.23. The first-order chi connectivity index (χ1) is 10.6. The molecule has 1 heterocycles. The summed E-state index contributed by atoms with van der Waals surface area (Å²) in [5, 5.41) is 0. The maximum atomic E-state index is 12.6. The predicted molar refractivity (Wildman–Crippen MR) is 87.4 cm³/mol. The summed E-state index contributed by atoms with van der Waals surface area (Å²) < 4.78 is 32.2. The number of benzene rings is 1. The van der Waals surface area contributed by atoms with E-state index in [4.69, 9.17) is 10.5 Å². The van der Waals surface area contributed by atoms with Crippen LogP contribution in [0.5, 0.6) is 5.75 Å². The molecule has 2 rings (SSSR count). The van der Waals surface area contributed by atoms with Crippen LogP contribution in [0.4, 0.5) is 0 Å². The second-order valence-electron chi connectivity index (χ2n) is 5.78. The van der Waals surface area contributed by atoms with Gasteiger partial charge in [-0.3, -0.25) is 0 Å². The zero-order valence-corrected chi connectivity index (χ0v) is 14.0. The summed E-state index contributed by atoms with van der Waals surface area (Å²) in [5.74, 6) is 0.993. The molecule has 0 aromatic heterocycles. The summed E-state index contributed by atoms with van der Waals surface area (Å²) >= 11 is 0. The van der Waals surface area contributed by atoms with Gasteiger partial charge < -0.3 is 10.5 Å². The number of nitrogens with two attached hydrogens (primary N) is 1. The number of unbranched alkanes of at least 4 members (excludes halogenated alkanes) is 2. The van der Waals surface area contributed by atoms with Crippen LogP contribution >= 0.6 is 0 Å². The zero-order chi connectivity index (χ0) is 16.0. The van der Waals surface area contributed by atoms with Crippen molar-refractivity contribution in [1.29, 1.82) is 0 Å². The van der Waals surface area contributed by atoms with E-state index in [2.05, 4.69) is 6.92 Å². The molecule has 0 bridgehead atoms. The van der Waals surface area contributed by atoms with Crippen molar-refractivity contribution in [3.8, 4) is 5.75 Å². The van der Waals surface area contributed by atoms with Gasteiger partial charge in [0, 0.05) is 13.1 Å². The molecule has 0 aliphatic carbocycles. The molecular formula is C16H26N2O3S. The van der Waals surface area contributed by atoms with E-state index in [1.165, 1.54) is 4.31 Å². The monoisotopic (exact) mass is 326 g/mol. The number of ether oxygens (including phenoxy) is 1. The molecule has 1 saturated heterocycles. The van der Waals surface area contributed by atoms with Crippen LogP contribution < -0.4 is 10.5 Å². The minimum atomic E-state index is -3.41. The van der Waals surface area contributed by atoms with Gasteiger partial charge in [-0.15, -0.1) is 0 Å². The second-order valence-corrected chi connectivity index (χ2v) is 7.72. The Morgan fingerprint density at radius 3 is 2.59 bits per heavy atom. The molecule has 2 N–H and O–H groups in total. The molecule has 1 aromatic rings. The molecule has 0 saturated carbocycles. The fourth-order valence-electron chi connectivity index (χ4n) is 2.61. The summed E-state index contributed by atoms with van der Waals surface area (Å²) in [4.78, 5) is 0.325. The van der Waals surface area contributed by atoms with E-state index in [1.54, 1.807) is 24.3 Å². The third-order valence-electron chi connectivity index (χ3n) is 4.06. The van der Waals surface area contributed by atoms with E-state index in [9.17, 15) is 8.42 Å². The normalized spacial score (nSPS) is 19.5. The SMILES string of the molecule is CCCCCOc1ccc(S(=O)(=O)N2CCC(CN)C2)cc1. The summed E-state index contributed by atoms with van der Waals surface area (Å²) in [6.45, 7) is 4.43.